The Morgan fingerprint density at radius 1 is 0.274 bits per heavy atom. The van der Waals surface area contributed by atoms with Crippen molar-refractivity contribution < 1.29 is 28.6 Å². The van der Waals surface area contributed by atoms with Crippen LogP contribution in [0.15, 0.2) is 109 Å². The van der Waals surface area contributed by atoms with Crippen molar-refractivity contribution in [3.8, 4) is 0 Å². The van der Waals surface area contributed by atoms with E-state index in [2.05, 4.69) is 106 Å². The van der Waals surface area contributed by atoms with Gasteiger partial charge in [0, 0.05) is 19.3 Å². The van der Waals surface area contributed by atoms with E-state index in [4.69, 9.17) is 14.2 Å². The molecule has 73 heavy (non-hydrogen) atoms. The van der Waals surface area contributed by atoms with Gasteiger partial charge in [0.15, 0.2) is 6.10 Å². The maximum Gasteiger partial charge on any atom is 0.306 e. The van der Waals surface area contributed by atoms with E-state index < -0.39 is 6.10 Å². The van der Waals surface area contributed by atoms with Gasteiger partial charge in [-0.2, -0.15) is 0 Å². The van der Waals surface area contributed by atoms with Crippen molar-refractivity contribution in [3.05, 3.63) is 109 Å². The summed E-state index contributed by atoms with van der Waals surface area (Å²) in [6, 6.07) is 0. The summed E-state index contributed by atoms with van der Waals surface area (Å²) in [5.41, 5.74) is 0. The van der Waals surface area contributed by atoms with Crippen LogP contribution in [0.25, 0.3) is 0 Å². The summed E-state index contributed by atoms with van der Waals surface area (Å²) >= 11 is 0. The molecule has 0 aliphatic carbocycles. The van der Waals surface area contributed by atoms with Gasteiger partial charge in [-0.05, 0) is 89.9 Å². The molecular formula is C67H112O6. The Hall–Kier alpha value is -3.93. The fourth-order valence-corrected chi connectivity index (χ4v) is 8.28. The molecule has 416 valence electrons. The predicted octanol–water partition coefficient (Wildman–Crippen LogP) is 20.7. The largest absolute Gasteiger partial charge is 0.462 e. The number of carbonyl (C=O) groups is 3. The molecule has 0 aromatic carbocycles. The first kappa shape index (κ1) is 69.1. The lowest BCUT2D eigenvalue weighted by atomic mass is 10.1. The second-order valence-electron chi connectivity index (χ2n) is 20.1. The smallest absolute Gasteiger partial charge is 0.306 e. The van der Waals surface area contributed by atoms with E-state index in [-0.39, 0.29) is 31.1 Å². The van der Waals surface area contributed by atoms with E-state index >= 15 is 0 Å². The van der Waals surface area contributed by atoms with Crippen LogP contribution in [-0.4, -0.2) is 37.2 Å². The molecule has 0 saturated carbocycles. The highest BCUT2D eigenvalue weighted by Crippen LogP contribution is 2.15. The zero-order chi connectivity index (χ0) is 52.9. The predicted molar refractivity (Wildman–Crippen MR) is 316 cm³/mol. The van der Waals surface area contributed by atoms with Crippen molar-refractivity contribution in [3.63, 3.8) is 0 Å². The third-order valence-corrected chi connectivity index (χ3v) is 12.9. The highest BCUT2D eigenvalue weighted by Gasteiger charge is 2.19. The number of unbranched alkanes of at least 4 members (excludes halogenated alkanes) is 31. The molecule has 0 fully saturated rings. The van der Waals surface area contributed by atoms with Crippen molar-refractivity contribution in [1.82, 2.24) is 0 Å². The van der Waals surface area contributed by atoms with E-state index in [0.29, 0.717) is 19.3 Å². The molecule has 6 nitrogen and oxygen atoms in total. The fourth-order valence-electron chi connectivity index (χ4n) is 8.28. The highest BCUT2D eigenvalue weighted by atomic mass is 16.6. The number of esters is 3. The van der Waals surface area contributed by atoms with Crippen LogP contribution in [0.2, 0.25) is 0 Å². The monoisotopic (exact) mass is 1010 g/mol. The maximum absolute atomic E-state index is 12.9. The standard InChI is InChI=1S/C67H112O6/c1-4-7-10-13-16-19-22-25-28-31-34-37-39-42-45-48-51-54-57-60-66(69)72-63-64(73-67(70)61-58-55-52-49-46-43-40-36-33-30-27-24-21-18-15-12-9-6-3)62-71-65(68)59-56-53-50-47-44-41-38-35-32-29-26-23-20-17-14-11-8-5-2/h12,15-16,18-19,21-22,24-25,27,29-30,32-33,35-36,38,40,64H,4-11,13-14,17,20,23,26,28,31,34,37,39,41-63H2,1-3H3/b15-12-,19-16-,21-18-,25-22-,27-24-,32-29-,33-30-,38-35-,40-36-. The van der Waals surface area contributed by atoms with Crippen LogP contribution in [0.3, 0.4) is 0 Å². The van der Waals surface area contributed by atoms with E-state index in [0.717, 1.165) is 103 Å². The van der Waals surface area contributed by atoms with Gasteiger partial charge in [-0.25, -0.2) is 0 Å². The first-order valence-corrected chi connectivity index (χ1v) is 30.5. The lowest BCUT2D eigenvalue weighted by Crippen LogP contribution is -2.30. The Morgan fingerprint density at radius 2 is 0.521 bits per heavy atom. The van der Waals surface area contributed by atoms with Crippen LogP contribution in [0, 0.1) is 0 Å². The van der Waals surface area contributed by atoms with Crippen LogP contribution in [-0.2, 0) is 28.6 Å². The van der Waals surface area contributed by atoms with E-state index in [9.17, 15) is 14.4 Å². The third kappa shape index (κ3) is 58.8. The average Bonchev–Trinajstić information content (AvgIpc) is 3.39. The number of hydrogen-bond acceptors (Lipinski definition) is 6. The average molecular weight is 1010 g/mol. The van der Waals surface area contributed by atoms with Gasteiger partial charge in [-0.3, -0.25) is 14.4 Å². The molecule has 6 heteroatoms. The number of rotatable bonds is 54. The first-order valence-electron chi connectivity index (χ1n) is 30.5. The minimum Gasteiger partial charge on any atom is -0.462 e. The number of ether oxygens (including phenoxy) is 3. The van der Waals surface area contributed by atoms with Gasteiger partial charge in [0.05, 0.1) is 0 Å². The summed E-state index contributed by atoms with van der Waals surface area (Å²) in [5, 5.41) is 0. The van der Waals surface area contributed by atoms with Crippen molar-refractivity contribution >= 4 is 17.9 Å². The van der Waals surface area contributed by atoms with Crippen LogP contribution < -0.4 is 0 Å². The lowest BCUT2D eigenvalue weighted by molar-refractivity contribution is -0.167. The van der Waals surface area contributed by atoms with Crippen molar-refractivity contribution in [1.29, 1.82) is 0 Å². The third-order valence-electron chi connectivity index (χ3n) is 12.9. The molecule has 0 heterocycles. The van der Waals surface area contributed by atoms with E-state index in [1.165, 1.54) is 135 Å². The first-order chi connectivity index (χ1) is 36.0. The summed E-state index contributed by atoms with van der Waals surface area (Å²) in [7, 11) is 0. The molecule has 1 atom stereocenters. The Labute approximate surface area is 450 Å². The lowest BCUT2D eigenvalue weighted by Gasteiger charge is -2.18. The molecule has 0 aliphatic heterocycles. The van der Waals surface area contributed by atoms with E-state index in [1.54, 1.807) is 0 Å². The van der Waals surface area contributed by atoms with Crippen molar-refractivity contribution in [2.24, 2.45) is 0 Å². The van der Waals surface area contributed by atoms with Gasteiger partial charge in [0.2, 0.25) is 0 Å². The minimum absolute atomic E-state index is 0.0967. The van der Waals surface area contributed by atoms with Gasteiger partial charge in [0.1, 0.15) is 13.2 Å². The molecule has 1 unspecified atom stereocenters. The molecule has 0 N–H and O–H groups in total. The van der Waals surface area contributed by atoms with E-state index in [1.807, 2.05) is 24.3 Å². The molecule has 0 spiro atoms. The van der Waals surface area contributed by atoms with Gasteiger partial charge >= 0.3 is 17.9 Å². The quantitative estimate of drug-likeness (QED) is 0.0261. The van der Waals surface area contributed by atoms with Gasteiger partial charge < -0.3 is 14.2 Å². The van der Waals surface area contributed by atoms with Crippen LogP contribution >= 0.6 is 0 Å². The SMILES string of the molecule is CCC\C=C/C=C\C=C/C=C\C=C/CCCCCCCC(=O)OC(COC(=O)CCCCCCC/C=C\C=C/CCCCCCCCC)COC(=O)CCCCCCCCCCCC/C=C\C=C/CCCCC. The molecule has 0 bridgehead atoms. The molecule has 0 aromatic rings. The maximum atomic E-state index is 12.9. The van der Waals surface area contributed by atoms with Crippen molar-refractivity contribution in [2.75, 3.05) is 13.2 Å². The van der Waals surface area contributed by atoms with Crippen molar-refractivity contribution in [2.45, 2.75) is 284 Å². The summed E-state index contributed by atoms with van der Waals surface area (Å²) in [6.07, 6.45) is 82.1. The fraction of sp³-hybridized carbons (Fsp3) is 0.687. The number of hydrogen-bond donors (Lipinski definition) is 0. The summed E-state index contributed by atoms with van der Waals surface area (Å²) < 4.78 is 16.9. The summed E-state index contributed by atoms with van der Waals surface area (Å²) in [6.45, 7) is 6.50. The molecular weight excluding hydrogens is 901 g/mol. The Balaban J connectivity index is 4.48. The zero-order valence-electron chi connectivity index (χ0n) is 47.6. The van der Waals surface area contributed by atoms with Gasteiger partial charge in [-0.1, -0.05) is 278 Å². The summed E-state index contributed by atoms with van der Waals surface area (Å²) in [5.74, 6) is -0.936. The number of carbonyl (C=O) groups excluding carboxylic acids is 3. The van der Waals surface area contributed by atoms with Gasteiger partial charge in [0.25, 0.3) is 0 Å². The molecule has 0 radical (unpaired) electrons. The zero-order valence-corrected chi connectivity index (χ0v) is 47.6. The second-order valence-corrected chi connectivity index (χ2v) is 20.1. The topological polar surface area (TPSA) is 78.9 Å². The Kier molecular flexibility index (Phi) is 57.4. The molecule has 0 aromatic heterocycles. The van der Waals surface area contributed by atoms with Gasteiger partial charge in [-0.15, -0.1) is 0 Å². The Morgan fingerprint density at radius 3 is 0.863 bits per heavy atom. The molecule has 0 aliphatic rings. The van der Waals surface area contributed by atoms with Crippen LogP contribution in [0.1, 0.15) is 278 Å². The normalized spacial score (nSPS) is 12.9. The summed E-state index contributed by atoms with van der Waals surface area (Å²) in [4.78, 5) is 38.3. The van der Waals surface area contributed by atoms with Crippen LogP contribution in [0.4, 0.5) is 0 Å². The molecule has 0 saturated heterocycles. The van der Waals surface area contributed by atoms with Crippen LogP contribution in [0.5, 0.6) is 0 Å². The minimum atomic E-state index is -0.803. The Bertz CT molecular complexity index is 1490. The second kappa shape index (κ2) is 60.6. The highest BCUT2D eigenvalue weighted by molar-refractivity contribution is 5.71. The molecule has 0 amide bonds. The number of allylic oxidation sites excluding steroid dienone is 18. The molecule has 0 rings (SSSR count).